The number of fused-ring (bicyclic) bond motifs is 7. The first-order valence-corrected chi connectivity index (χ1v) is 19.0. The molecule has 0 radical (unpaired) electrons. The van der Waals surface area contributed by atoms with Crippen LogP contribution in [-0.4, -0.2) is 4.57 Å². The smallest absolute Gasteiger partial charge is 0.137 e. The molecule has 0 aliphatic heterocycles. The van der Waals surface area contributed by atoms with Crippen LogP contribution < -0.4 is 9.80 Å². The van der Waals surface area contributed by atoms with Gasteiger partial charge in [0.05, 0.1) is 22.1 Å². The maximum absolute atomic E-state index is 6.52. The summed E-state index contributed by atoms with van der Waals surface area (Å²) < 4.78 is 8.90. The molecule has 0 atom stereocenters. The largest absolute Gasteiger partial charge is 0.456 e. The van der Waals surface area contributed by atoms with Gasteiger partial charge in [0.15, 0.2) is 0 Å². The summed E-state index contributed by atoms with van der Waals surface area (Å²) in [6.45, 7) is 0. The summed E-state index contributed by atoms with van der Waals surface area (Å²) in [6.07, 6.45) is 0. The third-order valence-electron chi connectivity index (χ3n) is 10.9. The predicted molar refractivity (Wildman–Crippen MR) is 235 cm³/mol. The van der Waals surface area contributed by atoms with Crippen molar-refractivity contribution in [1.29, 1.82) is 0 Å². The van der Waals surface area contributed by atoms with E-state index in [1.165, 1.54) is 27.1 Å². The van der Waals surface area contributed by atoms with Crippen LogP contribution in [0.1, 0.15) is 0 Å². The summed E-state index contributed by atoms with van der Waals surface area (Å²) in [7, 11) is 0. The molecule has 0 aliphatic rings. The Labute approximate surface area is 324 Å². The Kier molecular flexibility index (Phi) is 7.46. The Morgan fingerprint density at radius 2 is 0.893 bits per heavy atom. The Bertz CT molecular complexity index is 3180. The highest BCUT2D eigenvalue weighted by Gasteiger charge is 2.21. The van der Waals surface area contributed by atoms with E-state index in [2.05, 4.69) is 227 Å². The number of hydrogen-bond acceptors (Lipinski definition) is 3. The Balaban J connectivity index is 1.07. The number of benzene rings is 9. The van der Waals surface area contributed by atoms with Crippen molar-refractivity contribution in [1.82, 2.24) is 4.57 Å². The van der Waals surface area contributed by atoms with Gasteiger partial charge in [-0.25, -0.2) is 0 Å². The van der Waals surface area contributed by atoms with Crippen molar-refractivity contribution in [3.8, 4) is 5.69 Å². The molecule has 4 nitrogen and oxygen atoms in total. The molecule has 0 amide bonds. The fraction of sp³-hybridized carbons (Fsp3) is 0. The van der Waals surface area contributed by atoms with E-state index >= 15 is 0 Å². The number of anilines is 6. The highest BCUT2D eigenvalue weighted by atomic mass is 16.3. The molecule has 0 saturated carbocycles. The number of rotatable bonds is 7. The lowest BCUT2D eigenvalue weighted by atomic mass is 10.0. The minimum atomic E-state index is 0.865. The molecular weight excluding hydrogens is 683 g/mol. The third kappa shape index (κ3) is 5.23. The second-order valence-electron chi connectivity index (χ2n) is 14.2. The summed E-state index contributed by atoms with van der Waals surface area (Å²) in [4.78, 5) is 4.69. The lowest BCUT2D eigenvalue weighted by Crippen LogP contribution is -2.12. The molecule has 4 heteroatoms. The standard InChI is InChI=1S/C52H35N3O/c1-4-17-38(18-5-1)53(43-31-32-45-44-23-12-13-24-47(44)55(49(45)35-43)40-21-8-3-9-22-40)41-27-29-42(30-28-41)54(39-19-6-2-7-20-39)48-25-14-26-50-52(48)46-33-36-15-10-11-16-37(36)34-51(46)56-50/h1-35H. The predicted octanol–water partition coefficient (Wildman–Crippen LogP) is 14.8. The van der Waals surface area contributed by atoms with Crippen LogP contribution in [0.15, 0.2) is 217 Å². The van der Waals surface area contributed by atoms with Crippen LogP contribution in [0.4, 0.5) is 34.1 Å². The van der Waals surface area contributed by atoms with Gasteiger partial charge in [-0.3, -0.25) is 0 Å². The minimum absolute atomic E-state index is 0.865. The van der Waals surface area contributed by atoms with Crippen LogP contribution in [0.3, 0.4) is 0 Å². The van der Waals surface area contributed by atoms with Crippen LogP contribution >= 0.6 is 0 Å². The maximum atomic E-state index is 6.52. The first-order chi connectivity index (χ1) is 27.8. The molecule has 2 heterocycles. The van der Waals surface area contributed by atoms with Gasteiger partial charge in [-0.1, -0.05) is 109 Å². The molecule has 56 heavy (non-hydrogen) atoms. The maximum Gasteiger partial charge on any atom is 0.137 e. The van der Waals surface area contributed by atoms with Crippen molar-refractivity contribution in [2.75, 3.05) is 9.80 Å². The average molecular weight is 718 g/mol. The van der Waals surface area contributed by atoms with Crippen molar-refractivity contribution in [2.45, 2.75) is 0 Å². The fourth-order valence-electron chi connectivity index (χ4n) is 8.41. The Morgan fingerprint density at radius 1 is 0.339 bits per heavy atom. The quantitative estimate of drug-likeness (QED) is 0.164. The molecule has 11 rings (SSSR count). The fourth-order valence-corrected chi connectivity index (χ4v) is 8.41. The van der Waals surface area contributed by atoms with Crippen molar-refractivity contribution in [3.63, 3.8) is 0 Å². The van der Waals surface area contributed by atoms with Crippen LogP contribution in [0.25, 0.3) is 60.2 Å². The molecule has 0 aliphatic carbocycles. The zero-order chi connectivity index (χ0) is 37.0. The Hall–Kier alpha value is -7.56. The number of furan rings is 1. The molecule has 264 valence electrons. The normalized spacial score (nSPS) is 11.6. The lowest BCUT2D eigenvalue weighted by molar-refractivity contribution is 0.669. The van der Waals surface area contributed by atoms with E-state index in [0.717, 1.165) is 67.3 Å². The second-order valence-corrected chi connectivity index (χ2v) is 14.2. The van der Waals surface area contributed by atoms with Crippen molar-refractivity contribution in [3.05, 3.63) is 212 Å². The van der Waals surface area contributed by atoms with E-state index in [0.29, 0.717) is 0 Å². The highest BCUT2D eigenvalue weighted by molar-refractivity contribution is 6.16. The van der Waals surface area contributed by atoms with Crippen molar-refractivity contribution >= 4 is 88.6 Å². The van der Waals surface area contributed by atoms with E-state index in [1.807, 2.05) is 0 Å². The second kappa shape index (κ2) is 13.1. The summed E-state index contributed by atoms with van der Waals surface area (Å²) in [6, 6.07) is 75.6. The summed E-state index contributed by atoms with van der Waals surface area (Å²) in [5.41, 5.74) is 11.7. The average Bonchev–Trinajstić information content (AvgIpc) is 3.80. The van der Waals surface area contributed by atoms with E-state index in [-0.39, 0.29) is 0 Å². The number of nitrogens with zero attached hydrogens (tertiary/aromatic N) is 3. The molecule has 0 bridgehead atoms. The minimum Gasteiger partial charge on any atom is -0.456 e. The van der Waals surface area contributed by atoms with Gasteiger partial charge in [-0.2, -0.15) is 0 Å². The third-order valence-corrected chi connectivity index (χ3v) is 10.9. The molecular formula is C52H35N3O. The first kappa shape index (κ1) is 31.9. The van der Waals surface area contributed by atoms with Crippen molar-refractivity contribution in [2.24, 2.45) is 0 Å². The summed E-state index contributed by atoms with van der Waals surface area (Å²) in [5, 5.41) is 7.02. The van der Waals surface area contributed by atoms with Gasteiger partial charge >= 0.3 is 0 Å². The number of aromatic nitrogens is 1. The molecule has 11 aromatic rings. The van der Waals surface area contributed by atoms with E-state index in [4.69, 9.17) is 4.42 Å². The van der Waals surface area contributed by atoms with Crippen LogP contribution in [0.2, 0.25) is 0 Å². The van der Waals surface area contributed by atoms with Gasteiger partial charge in [-0.05, 0) is 114 Å². The van der Waals surface area contributed by atoms with Gasteiger partial charge in [0.25, 0.3) is 0 Å². The molecule has 0 spiro atoms. The number of para-hydroxylation sites is 4. The van der Waals surface area contributed by atoms with E-state index < -0.39 is 0 Å². The van der Waals surface area contributed by atoms with Gasteiger partial charge in [0, 0.05) is 50.3 Å². The van der Waals surface area contributed by atoms with Crippen LogP contribution in [-0.2, 0) is 0 Å². The molecule has 2 aromatic heterocycles. The van der Waals surface area contributed by atoms with Crippen LogP contribution in [0.5, 0.6) is 0 Å². The zero-order valence-electron chi connectivity index (χ0n) is 30.5. The Morgan fingerprint density at radius 3 is 1.62 bits per heavy atom. The number of hydrogen-bond donors (Lipinski definition) is 0. The SMILES string of the molecule is c1ccc(N(c2ccc(N(c3ccccc3)c3cccc4oc5cc6ccccc6cc5c34)cc2)c2ccc3c4ccccc4n(-c4ccccc4)c3c2)cc1. The first-order valence-electron chi connectivity index (χ1n) is 19.0. The monoisotopic (exact) mass is 717 g/mol. The highest BCUT2D eigenvalue weighted by Crippen LogP contribution is 2.45. The van der Waals surface area contributed by atoms with Gasteiger partial charge in [0.2, 0.25) is 0 Å². The molecule has 0 fully saturated rings. The molecule has 9 aromatic carbocycles. The van der Waals surface area contributed by atoms with Gasteiger partial charge in [0.1, 0.15) is 11.2 Å². The summed E-state index contributed by atoms with van der Waals surface area (Å²) >= 11 is 0. The van der Waals surface area contributed by atoms with E-state index in [1.54, 1.807) is 0 Å². The molecule has 0 unspecified atom stereocenters. The molecule has 0 saturated heterocycles. The summed E-state index contributed by atoms with van der Waals surface area (Å²) in [5.74, 6) is 0. The zero-order valence-corrected chi connectivity index (χ0v) is 30.5. The lowest BCUT2D eigenvalue weighted by Gasteiger charge is -2.29. The van der Waals surface area contributed by atoms with Gasteiger partial charge in [-0.15, -0.1) is 0 Å². The molecule has 0 N–H and O–H groups in total. The van der Waals surface area contributed by atoms with Gasteiger partial charge < -0.3 is 18.8 Å². The van der Waals surface area contributed by atoms with Crippen LogP contribution in [0, 0.1) is 0 Å². The van der Waals surface area contributed by atoms with E-state index in [9.17, 15) is 0 Å². The van der Waals surface area contributed by atoms with Crippen molar-refractivity contribution < 1.29 is 4.42 Å². The topological polar surface area (TPSA) is 24.6 Å².